The van der Waals surface area contributed by atoms with Crippen molar-refractivity contribution < 1.29 is 9.59 Å². The molecule has 140 valence electrons. The SMILES string of the molecule is O=C(CSCC(=O)N1CCCc2ccccc21)N1CCCc2ccccc21. The number of hydrogen-bond acceptors (Lipinski definition) is 3. The van der Waals surface area contributed by atoms with Crippen LogP contribution in [0.15, 0.2) is 48.5 Å². The lowest BCUT2D eigenvalue weighted by molar-refractivity contribution is -0.116. The maximum absolute atomic E-state index is 12.7. The minimum atomic E-state index is 0.0963. The molecule has 0 aromatic heterocycles. The number of amides is 2. The van der Waals surface area contributed by atoms with E-state index in [9.17, 15) is 9.59 Å². The molecule has 5 heteroatoms. The molecule has 2 aromatic carbocycles. The molecule has 0 saturated carbocycles. The summed E-state index contributed by atoms with van der Waals surface area (Å²) in [4.78, 5) is 29.2. The highest BCUT2D eigenvalue weighted by Gasteiger charge is 2.24. The zero-order valence-corrected chi connectivity index (χ0v) is 16.2. The predicted molar refractivity (Wildman–Crippen MR) is 112 cm³/mol. The molecule has 0 saturated heterocycles. The first-order valence-corrected chi connectivity index (χ1v) is 10.7. The Kier molecular flexibility index (Phi) is 5.48. The van der Waals surface area contributed by atoms with Crippen LogP contribution >= 0.6 is 11.8 Å². The Morgan fingerprint density at radius 3 is 1.67 bits per heavy atom. The van der Waals surface area contributed by atoms with E-state index in [-0.39, 0.29) is 11.8 Å². The van der Waals surface area contributed by atoms with Crippen LogP contribution in [0.25, 0.3) is 0 Å². The first kappa shape index (κ1) is 18.1. The van der Waals surface area contributed by atoms with E-state index in [0.29, 0.717) is 11.5 Å². The average Bonchev–Trinajstić information content (AvgIpc) is 2.72. The van der Waals surface area contributed by atoms with Crippen LogP contribution in [0.5, 0.6) is 0 Å². The van der Waals surface area contributed by atoms with Gasteiger partial charge in [-0.2, -0.15) is 0 Å². The van der Waals surface area contributed by atoms with Crippen molar-refractivity contribution in [3.63, 3.8) is 0 Å². The Balaban J connectivity index is 1.34. The minimum Gasteiger partial charge on any atom is -0.311 e. The summed E-state index contributed by atoms with van der Waals surface area (Å²) in [6.45, 7) is 1.54. The van der Waals surface area contributed by atoms with E-state index >= 15 is 0 Å². The summed E-state index contributed by atoms with van der Waals surface area (Å²) >= 11 is 1.42. The third-order valence-electron chi connectivity index (χ3n) is 5.27. The van der Waals surface area contributed by atoms with Crippen molar-refractivity contribution >= 4 is 35.0 Å². The van der Waals surface area contributed by atoms with Gasteiger partial charge in [-0.15, -0.1) is 11.8 Å². The summed E-state index contributed by atoms with van der Waals surface area (Å²) in [6, 6.07) is 16.2. The number of para-hydroxylation sites is 2. The van der Waals surface area contributed by atoms with Gasteiger partial charge in [0.05, 0.1) is 11.5 Å². The summed E-state index contributed by atoms with van der Waals surface area (Å²) in [5, 5.41) is 0. The summed E-state index contributed by atoms with van der Waals surface area (Å²) in [6.07, 6.45) is 4.05. The monoisotopic (exact) mass is 380 g/mol. The van der Waals surface area contributed by atoms with Crippen molar-refractivity contribution in [1.29, 1.82) is 0 Å². The van der Waals surface area contributed by atoms with Crippen molar-refractivity contribution in [2.45, 2.75) is 25.7 Å². The quantitative estimate of drug-likeness (QED) is 0.812. The van der Waals surface area contributed by atoms with Crippen LogP contribution in [0, 0.1) is 0 Å². The first-order valence-electron chi connectivity index (χ1n) is 9.58. The van der Waals surface area contributed by atoms with Gasteiger partial charge in [-0.3, -0.25) is 9.59 Å². The normalized spacial score (nSPS) is 15.9. The summed E-state index contributed by atoms with van der Waals surface area (Å²) in [7, 11) is 0. The van der Waals surface area contributed by atoms with E-state index in [1.807, 2.05) is 46.2 Å². The minimum absolute atomic E-state index is 0.0963. The van der Waals surface area contributed by atoms with Crippen molar-refractivity contribution in [3.05, 3.63) is 59.7 Å². The van der Waals surface area contributed by atoms with Crippen LogP contribution < -0.4 is 9.80 Å². The number of aryl methyl sites for hydroxylation is 2. The van der Waals surface area contributed by atoms with Crippen LogP contribution in [0.2, 0.25) is 0 Å². The Bertz CT molecular complexity index is 782. The second-order valence-corrected chi connectivity index (χ2v) is 8.03. The third-order valence-corrected chi connectivity index (χ3v) is 6.18. The van der Waals surface area contributed by atoms with E-state index in [2.05, 4.69) is 12.1 Å². The molecule has 0 unspecified atom stereocenters. The van der Waals surface area contributed by atoms with Crippen LogP contribution in [-0.4, -0.2) is 36.4 Å². The molecule has 0 radical (unpaired) electrons. The summed E-state index contributed by atoms with van der Waals surface area (Å²) in [5.74, 6) is 0.878. The lowest BCUT2D eigenvalue weighted by Crippen LogP contribution is -2.38. The molecule has 2 aliphatic heterocycles. The second kappa shape index (κ2) is 8.17. The molecular weight excluding hydrogens is 356 g/mol. The molecule has 0 fully saturated rings. The van der Waals surface area contributed by atoms with Gasteiger partial charge in [0.25, 0.3) is 0 Å². The molecule has 27 heavy (non-hydrogen) atoms. The lowest BCUT2D eigenvalue weighted by Gasteiger charge is -2.30. The molecule has 0 aliphatic carbocycles. The molecule has 0 bridgehead atoms. The Morgan fingerprint density at radius 2 is 1.19 bits per heavy atom. The zero-order valence-electron chi connectivity index (χ0n) is 15.4. The molecule has 0 N–H and O–H groups in total. The van der Waals surface area contributed by atoms with Gasteiger partial charge < -0.3 is 9.80 Å². The van der Waals surface area contributed by atoms with E-state index in [1.54, 1.807) is 0 Å². The van der Waals surface area contributed by atoms with Gasteiger partial charge in [-0.05, 0) is 48.9 Å². The molecule has 2 aliphatic rings. The summed E-state index contributed by atoms with van der Waals surface area (Å²) in [5.41, 5.74) is 4.54. The predicted octanol–water partition coefficient (Wildman–Crippen LogP) is 3.68. The van der Waals surface area contributed by atoms with E-state index < -0.39 is 0 Å². The lowest BCUT2D eigenvalue weighted by atomic mass is 10.0. The maximum Gasteiger partial charge on any atom is 0.236 e. The number of nitrogens with zero attached hydrogens (tertiary/aromatic N) is 2. The first-order chi connectivity index (χ1) is 13.2. The number of carbonyl (C=O) groups excluding carboxylic acids is 2. The number of thioether (sulfide) groups is 1. The number of rotatable bonds is 4. The van der Waals surface area contributed by atoms with Crippen LogP contribution in [0.4, 0.5) is 11.4 Å². The molecule has 0 atom stereocenters. The smallest absolute Gasteiger partial charge is 0.236 e. The number of carbonyl (C=O) groups is 2. The highest BCUT2D eigenvalue weighted by Crippen LogP contribution is 2.29. The van der Waals surface area contributed by atoms with Crippen LogP contribution in [-0.2, 0) is 22.4 Å². The molecule has 4 rings (SSSR count). The molecular formula is C22H24N2O2S. The van der Waals surface area contributed by atoms with Gasteiger partial charge in [0.15, 0.2) is 0 Å². The number of benzene rings is 2. The van der Waals surface area contributed by atoms with Crippen molar-refractivity contribution in [3.8, 4) is 0 Å². The van der Waals surface area contributed by atoms with E-state index in [4.69, 9.17) is 0 Å². The van der Waals surface area contributed by atoms with Crippen LogP contribution in [0.1, 0.15) is 24.0 Å². The van der Waals surface area contributed by atoms with Gasteiger partial charge in [-0.1, -0.05) is 36.4 Å². The second-order valence-electron chi connectivity index (χ2n) is 7.05. The fourth-order valence-electron chi connectivity index (χ4n) is 3.97. The average molecular weight is 381 g/mol. The van der Waals surface area contributed by atoms with Crippen molar-refractivity contribution in [1.82, 2.24) is 0 Å². The third kappa shape index (κ3) is 3.88. The maximum atomic E-state index is 12.7. The van der Waals surface area contributed by atoms with Gasteiger partial charge in [-0.25, -0.2) is 0 Å². The molecule has 0 spiro atoms. The van der Waals surface area contributed by atoms with Gasteiger partial charge in [0.2, 0.25) is 11.8 Å². The Hall–Kier alpha value is -2.27. The number of hydrogen-bond donors (Lipinski definition) is 0. The molecule has 2 heterocycles. The fraction of sp³-hybridized carbons (Fsp3) is 0.364. The molecule has 2 amide bonds. The molecule has 4 nitrogen and oxygen atoms in total. The zero-order chi connectivity index (χ0) is 18.6. The largest absolute Gasteiger partial charge is 0.311 e. The van der Waals surface area contributed by atoms with Gasteiger partial charge in [0, 0.05) is 24.5 Å². The Labute approximate surface area is 164 Å². The van der Waals surface area contributed by atoms with E-state index in [1.165, 1.54) is 22.9 Å². The van der Waals surface area contributed by atoms with E-state index in [0.717, 1.165) is 50.1 Å². The summed E-state index contributed by atoms with van der Waals surface area (Å²) < 4.78 is 0. The number of anilines is 2. The highest BCUT2D eigenvalue weighted by atomic mass is 32.2. The van der Waals surface area contributed by atoms with Crippen molar-refractivity contribution in [2.75, 3.05) is 34.4 Å². The molecule has 2 aromatic rings. The number of fused-ring (bicyclic) bond motifs is 2. The van der Waals surface area contributed by atoms with Crippen molar-refractivity contribution in [2.24, 2.45) is 0 Å². The fourth-order valence-corrected chi connectivity index (χ4v) is 4.73. The Morgan fingerprint density at radius 1 is 0.741 bits per heavy atom. The standard InChI is InChI=1S/C22H24N2O2S/c25-21(23-13-5-9-17-7-1-3-11-19(17)23)15-27-16-22(26)24-14-6-10-18-8-2-4-12-20(18)24/h1-4,7-8,11-12H,5-6,9-10,13-16H2. The van der Waals surface area contributed by atoms with Crippen LogP contribution in [0.3, 0.4) is 0 Å². The van der Waals surface area contributed by atoms with Gasteiger partial charge >= 0.3 is 0 Å². The van der Waals surface area contributed by atoms with Gasteiger partial charge in [0.1, 0.15) is 0 Å². The topological polar surface area (TPSA) is 40.6 Å². The highest BCUT2D eigenvalue weighted by molar-refractivity contribution is 8.00.